The lowest BCUT2D eigenvalue weighted by Crippen LogP contribution is -3.14. The lowest BCUT2D eigenvalue weighted by molar-refractivity contribution is -0.898. The molecule has 0 atom stereocenters. The number of carbonyl (C=O) groups is 2. The molecule has 0 spiro atoms. The van der Waals surface area contributed by atoms with Gasteiger partial charge in [-0.3, -0.25) is 9.59 Å². The summed E-state index contributed by atoms with van der Waals surface area (Å²) in [5, 5.41) is 6.07. The summed E-state index contributed by atoms with van der Waals surface area (Å²) in [7, 11) is 0. The number of likely N-dealkylation sites (tertiary alicyclic amines) is 1. The quantitative estimate of drug-likeness (QED) is 0.750. The van der Waals surface area contributed by atoms with Gasteiger partial charge in [-0.2, -0.15) is 0 Å². The van der Waals surface area contributed by atoms with Gasteiger partial charge >= 0.3 is 0 Å². The largest absolute Gasteiger partial charge is 0.342 e. The van der Waals surface area contributed by atoms with E-state index in [1.807, 2.05) is 6.92 Å². The standard InChI is InChI=1S/C17H24ClN3O2/c1-12-6-8-21(9-7-12)11-17(23)19-10-16(22)20-15-5-3-4-14(18)13(15)2/h3-5,12H,6-11H2,1-2H3,(H,19,23)(H,20,22)/p+1. The summed E-state index contributed by atoms with van der Waals surface area (Å²) in [6, 6.07) is 5.35. The highest BCUT2D eigenvalue weighted by molar-refractivity contribution is 6.31. The molecular weight excluding hydrogens is 314 g/mol. The van der Waals surface area contributed by atoms with Gasteiger partial charge < -0.3 is 15.5 Å². The van der Waals surface area contributed by atoms with Crippen molar-refractivity contribution in [1.82, 2.24) is 5.32 Å². The van der Waals surface area contributed by atoms with E-state index in [9.17, 15) is 9.59 Å². The molecule has 23 heavy (non-hydrogen) atoms. The van der Waals surface area contributed by atoms with E-state index >= 15 is 0 Å². The van der Waals surface area contributed by atoms with Crippen molar-refractivity contribution in [2.45, 2.75) is 26.7 Å². The molecule has 1 saturated heterocycles. The van der Waals surface area contributed by atoms with Crippen molar-refractivity contribution in [3.63, 3.8) is 0 Å². The average molecular weight is 339 g/mol. The fourth-order valence-corrected chi connectivity index (χ4v) is 2.93. The first-order valence-electron chi connectivity index (χ1n) is 8.11. The number of halogens is 1. The van der Waals surface area contributed by atoms with Crippen LogP contribution in [0.25, 0.3) is 0 Å². The molecule has 1 heterocycles. The van der Waals surface area contributed by atoms with Crippen LogP contribution in [0.5, 0.6) is 0 Å². The average Bonchev–Trinajstić information content (AvgIpc) is 2.52. The van der Waals surface area contributed by atoms with Crippen LogP contribution >= 0.6 is 11.6 Å². The zero-order chi connectivity index (χ0) is 16.8. The summed E-state index contributed by atoms with van der Waals surface area (Å²) >= 11 is 6.02. The van der Waals surface area contributed by atoms with E-state index < -0.39 is 0 Å². The van der Waals surface area contributed by atoms with E-state index in [-0.39, 0.29) is 18.4 Å². The Kier molecular flexibility index (Phi) is 6.42. The van der Waals surface area contributed by atoms with Crippen molar-refractivity contribution < 1.29 is 14.5 Å². The van der Waals surface area contributed by atoms with Gasteiger partial charge in [0.05, 0.1) is 19.6 Å². The second-order valence-corrected chi connectivity index (χ2v) is 6.75. The van der Waals surface area contributed by atoms with Crippen LogP contribution < -0.4 is 15.5 Å². The molecule has 1 fully saturated rings. The topological polar surface area (TPSA) is 62.6 Å². The maximum Gasteiger partial charge on any atom is 0.275 e. The third kappa shape index (κ3) is 5.52. The third-order valence-corrected chi connectivity index (χ3v) is 4.79. The molecule has 1 aliphatic rings. The van der Waals surface area contributed by atoms with Crippen molar-refractivity contribution in [2.75, 3.05) is 31.5 Å². The van der Waals surface area contributed by atoms with Crippen LogP contribution in [0.1, 0.15) is 25.3 Å². The van der Waals surface area contributed by atoms with Crippen LogP contribution in [0.3, 0.4) is 0 Å². The fourth-order valence-electron chi connectivity index (χ4n) is 2.75. The molecule has 0 saturated carbocycles. The predicted octanol–water partition coefficient (Wildman–Crippen LogP) is 1.02. The zero-order valence-electron chi connectivity index (χ0n) is 13.7. The molecule has 1 aromatic rings. The highest BCUT2D eigenvalue weighted by atomic mass is 35.5. The van der Waals surface area contributed by atoms with Crippen molar-refractivity contribution >= 4 is 29.1 Å². The molecular formula is C17H25ClN3O2+. The maximum atomic E-state index is 11.9. The minimum Gasteiger partial charge on any atom is -0.342 e. The Morgan fingerprint density at radius 2 is 1.96 bits per heavy atom. The minimum atomic E-state index is -0.244. The van der Waals surface area contributed by atoms with E-state index in [0.29, 0.717) is 17.3 Å². The van der Waals surface area contributed by atoms with Crippen LogP contribution in [-0.2, 0) is 9.59 Å². The summed E-state index contributed by atoms with van der Waals surface area (Å²) in [5.74, 6) is 0.437. The Bertz CT molecular complexity index is 569. The number of rotatable bonds is 5. The van der Waals surface area contributed by atoms with Gasteiger partial charge in [-0.1, -0.05) is 24.6 Å². The monoisotopic (exact) mass is 338 g/mol. The number of carbonyl (C=O) groups excluding carboxylic acids is 2. The first-order valence-corrected chi connectivity index (χ1v) is 8.48. The number of benzene rings is 1. The number of hydrogen-bond donors (Lipinski definition) is 3. The van der Waals surface area contributed by atoms with Crippen molar-refractivity contribution in [3.05, 3.63) is 28.8 Å². The van der Waals surface area contributed by atoms with E-state index in [4.69, 9.17) is 11.6 Å². The van der Waals surface area contributed by atoms with Crippen LogP contribution in [-0.4, -0.2) is 38.0 Å². The van der Waals surface area contributed by atoms with E-state index in [2.05, 4.69) is 17.6 Å². The summed E-state index contributed by atoms with van der Waals surface area (Å²) in [5.41, 5.74) is 1.49. The van der Waals surface area contributed by atoms with Crippen molar-refractivity contribution in [1.29, 1.82) is 0 Å². The Morgan fingerprint density at radius 1 is 1.26 bits per heavy atom. The second-order valence-electron chi connectivity index (χ2n) is 6.35. The summed E-state index contributed by atoms with van der Waals surface area (Å²) in [6.07, 6.45) is 2.33. The Hall–Kier alpha value is -1.59. The van der Waals surface area contributed by atoms with Gasteiger partial charge in [0.15, 0.2) is 6.54 Å². The SMILES string of the molecule is Cc1c(Cl)cccc1NC(=O)CNC(=O)C[NH+]1CCC(C)CC1. The van der Waals surface area contributed by atoms with Gasteiger partial charge in [-0.15, -0.1) is 0 Å². The van der Waals surface area contributed by atoms with Crippen molar-refractivity contribution in [2.24, 2.45) is 5.92 Å². The molecule has 3 N–H and O–H groups in total. The van der Waals surface area contributed by atoms with Crippen LogP contribution in [0.15, 0.2) is 18.2 Å². The normalized spacial score (nSPS) is 20.8. The first kappa shape index (κ1) is 17.8. The Labute approximate surface area is 142 Å². The van der Waals surface area contributed by atoms with Gasteiger partial charge in [0, 0.05) is 10.7 Å². The molecule has 2 rings (SSSR count). The number of hydrogen-bond acceptors (Lipinski definition) is 2. The highest BCUT2D eigenvalue weighted by Crippen LogP contribution is 2.22. The number of nitrogens with one attached hydrogen (secondary N) is 3. The van der Waals surface area contributed by atoms with E-state index in [0.717, 1.165) is 37.4 Å². The number of piperidine rings is 1. The molecule has 0 unspecified atom stereocenters. The molecule has 0 aliphatic carbocycles. The molecule has 0 bridgehead atoms. The molecule has 2 amide bonds. The second kappa shape index (κ2) is 8.31. The van der Waals surface area contributed by atoms with Crippen LogP contribution in [0.4, 0.5) is 5.69 Å². The van der Waals surface area contributed by atoms with Gasteiger partial charge in [0.1, 0.15) is 0 Å². The van der Waals surface area contributed by atoms with Gasteiger partial charge in [0.2, 0.25) is 5.91 Å². The molecule has 1 aromatic carbocycles. The first-order chi connectivity index (χ1) is 11.0. The third-order valence-electron chi connectivity index (χ3n) is 4.38. The molecule has 1 aliphatic heterocycles. The van der Waals surface area contributed by atoms with Crippen LogP contribution in [0.2, 0.25) is 5.02 Å². The molecule has 126 valence electrons. The minimum absolute atomic E-state index is 0.0194. The predicted molar refractivity (Wildman–Crippen MR) is 91.8 cm³/mol. The van der Waals surface area contributed by atoms with Crippen molar-refractivity contribution in [3.8, 4) is 0 Å². The number of anilines is 1. The van der Waals surface area contributed by atoms with Gasteiger partial charge in [-0.25, -0.2) is 0 Å². The molecule has 6 heteroatoms. The highest BCUT2D eigenvalue weighted by Gasteiger charge is 2.21. The lowest BCUT2D eigenvalue weighted by atomic mass is 9.99. The van der Waals surface area contributed by atoms with Crippen LogP contribution in [0, 0.1) is 12.8 Å². The smallest absolute Gasteiger partial charge is 0.275 e. The summed E-state index contributed by atoms with van der Waals surface area (Å²) < 4.78 is 0. The van der Waals surface area contributed by atoms with Gasteiger partial charge in [0.25, 0.3) is 5.91 Å². The maximum absolute atomic E-state index is 11.9. The molecule has 0 aromatic heterocycles. The summed E-state index contributed by atoms with van der Waals surface area (Å²) in [6.45, 7) is 6.58. The number of amides is 2. The summed E-state index contributed by atoms with van der Waals surface area (Å²) in [4.78, 5) is 25.2. The number of quaternary nitrogens is 1. The van der Waals surface area contributed by atoms with E-state index in [1.54, 1.807) is 18.2 Å². The van der Waals surface area contributed by atoms with E-state index in [1.165, 1.54) is 4.90 Å². The fraction of sp³-hybridized carbons (Fsp3) is 0.529. The van der Waals surface area contributed by atoms with Gasteiger partial charge in [-0.05, 0) is 43.4 Å². The Morgan fingerprint density at radius 3 is 2.65 bits per heavy atom. The Balaban J connectivity index is 1.73. The lowest BCUT2D eigenvalue weighted by Gasteiger charge is -2.26. The zero-order valence-corrected chi connectivity index (χ0v) is 14.5. The molecule has 5 nitrogen and oxygen atoms in total. The molecule has 0 radical (unpaired) electrons.